The molecule has 7 heteroatoms. The summed E-state index contributed by atoms with van der Waals surface area (Å²) in [5.74, 6) is -0.480. The highest BCUT2D eigenvalue weighted by atomic mass is 35.5. The molecular weight excluding hydrogens is 299 g/mol. The van der Waals surface area contributed by atoms with E-state index in [2.05, 4.69) is 5.32 Å². The number of aliphatic hydroxyl groups is 1. The van der Waals surface area contributed by atoms with E-state index in [0.29, 0.717) is 17.8 Å². The number of hydrogen-bond acceptors (Lipinski definition) is 4. The summed E-state index contributed by atoms with van der Waals surface area (Å²) in [6.07, 6.45) is 0. The van der Waals surface area contributed by atoms with Crippen molar-refractivity contribution in [2.45, 2.75) is 13.2 Å². The van der Waals surface area contributed by atoms with Gasteiger partial charge in [-0.25, -0.2) is 4.39 Å². The van der Waals surface area contributed by atoms with E-state index in [1.807, 2.05) is 0 Å². The maximum absolute atomic E-state index is 13.5. The molecule has 0 fully saturated rings. The van der Waals surface area contributed by atoms with Crippen LogP contribution in [-0.2, 0) is 13.2 Å². The Bertz CT molecular complexity index is 679. The number of benzene rings is 2. The number of rotatable bonds is 5. The lowest BCUT2D eigenvalue weighted by atomic mass is 10.1. The zero-order valence-corrected chi connectivity index (χ0v) is 11.6. The van der Waals surface area contributed by atoms with Crippen LogP contribution in [0.2, 0.25) is 5.02 Å². The molecule has 0 amide bonds. The molecule has 0 aliphatic rings. The molecule has 21 heavy (non-hydrogen) atoms. The molecule has 0 radical (unpaired) electrons. The van der Waals surface area contributed by atoms with Crippen molar-refractivity contribution in [2.24, 2.45) is 0 Å². The first-order chi connectivity index (χ1) is 10.0. The third kappa shape index (κ3) is 3.68. The third-order valence-electron chi connectivity index (χ3n) is 2.93. The summed E-state index contributed by atoms with van der Waals surface area (Å²) in [4.78, 5) is 10.1. The van der Waals surface area contributed by atoms with E-state index in [1.165, 1.54) is 30.3 Å². The Morgan fingerprint density at radius 3 is 2.62 bits per heavy atom. The third-order valence-corrected chi connectivity index (χ3v) is 3.25. The van der Waals surface area contributed by atoms with Gasteiger partial charge >= 0.3 is 0 Å². The van der Waals surface area contributed by atoms with Crippen molar-refractivity contribution in [3.05, 3.63) is 68.5 Å². The molecule has 2 rings (SSSR count). The summed E-state index contributed by atoms with van der Waals surface area (Å²) < 4.78 is 13.5. The largest absolute Gasteiger partial charge is 0.392 e. The van der Waals surface area contributed by atoms with Gasteiger partial charge in [0.05, 0.1) is 22.2 Å². The van der Waals surface area contributed by atoms with Crippen LogP contribution in [0.3, 0.4) is 0 Å². The fraction of sp³-hybridized carbons (Fsp3) is 0.143. The van der Waals surface area contributed by atoms with E-state index < -0.39 is 10.7 Å². The Balaban J connectivity index is 2.09. The fourth-order valence-electron chi connectivity index (χ4n) is 1.79. The van der Waals surface area contributed by atoms with Crippen LogP contribution in [0.5, 0.6) is 0 Å². The molecule has 2 aromatic carbocycles. The van der Waals surface area contributed by atoms with Crippen LogP contribution in [-0.4, -0.2) is 10.0 Å². The number of nitro groups is 1. The summed E-state index contributed by atoms with van der Waals surface area (Å²) in [6.45, 7) is -0.0477. The minimum Gasteiger partial charge on any atom is -0.392 e. The van der Waals surface area contributed by atoms with E-state index in [9.17, 15) is 14.5 Å². The standard InChI is InChI=1S/C14H12ClFN2O3/c15-12-6-11(18(20)21)3-4-14(12)17-7-9-1-2-10(8-19)13(16)5-9/h1-6,17,19H,7-8H2. The number of nitro benzene ring substituents is 1. The minimum atomic E-state index is -0.529. The zero-order valence-electron chi connectivity index (χ0n) is 10.8. The van der Waals surface area contributed by atoms with E-state index in [0.717, 1.165) is 0 Å². The van der Waals surface area contributed by atoms with Crippen LogP contribution < -0.4 is 5.32 Å². The maximum atomic E-state index is 13.5. The molecule has 0 atom stereocenters. The Morgan fingerprint density at radius 1 is 1.29 bits per heavy atom. The smallest absolute Gasteiger partial charge is 0.271 e. The molecule has 0 bridgehead atoms. The fourth-order valence-corrected chi connectivity index (χ4v) is 2.03. The molecular formula is C14H12ClFN2O3. The lowest BCUT2D eigenvalue weighted by molar-refractivity contribution is -0.384. The van der Waals surface area contributed by atoms with Crippen molar-refractivity contribution < 1.29 is 14.4 Å². The number of non-ortho nitro benzene ring substituents is 1. The molecule has 0 saturated heterocycles. The average molecular weight is 311 g/mol. The number of aliphatic hydroxyl groups excluding tert-OH is 1. The zero-order chi connectivity index (χ0) is 15.4. The molecule has 0 aliphatic heterocycles. The van der Waals surface area contributed by atoms with E-state index in [-0.39, 0.29) is 22.9 Å². The summed E-state index contributed by atoms with van der Waals surface area (Å²) in [7, 11) is 0. The van der Waals surface area contributed by atoms with Crippen LogP contribution in [0.15, 0.2) is 36.4 Å². The van der Waals surface area contributed by atoms with Crippen molar-refractivity contribution in [3.8, 4) is 0 Å². The number of anilines is 1. The Morgan fingerprint density at radius 2 is 2.05 bits per heavy atom. The normalized spacial score (nSPS) is 10.4. The van der Waals surface area contributed by atoms with Crippen molar-refractivity contribution in [1.29, 1.82) is 0 Å². The predicted octanol–water partition coefficient (Wildman–Crippen LogP) is 3.49. The molecule has 0 aromatic heterocycles. The van der Waals surface area contributed by atoms with Gasteiger partial charge < -0.3 is 10.4 Å². The van der Waals surface area contributed by atoms with Crippen LogP contribution >= 0.6 is 11.6 Å². The highest BCUT2D eigenvalue weighted by Crippen LogP contribution is 2.27. The van der Waals surface area contributed by atoms with Crippen LogP contribution in [0.4, 0.5) is 15.8 Å². The van der Waals surface area contributed by atoms with Crippen LogP contribution in [0.1, 0.15) is 11.1 Å². The first-order valence-electron chi connectivity index (χ1n) is 6.07. The SMILES string of the molecule is O=[N+]([O-])c1ccc(NCc2ccc(CO)c(F)c2)c(Cl)c1. The average Bonchev–Trinajstić information content (AvgIpc) is 2.46. The monoisotopic (exact) mass is 310 g/mol. The molecule has 0 unspecified atom stereocenters. The van der Waals surface area contributed by atoms with Gasteiger partial charge in [0.1, 0.15) is 5.82 Å². The summed E-state index contributed by atoms with van der Waals surface area (Å²) in [5, 5.41) is 22.7. The van der Waals surface area contributed by atoms with Gasteiger partial charge in [-0.2, -0.15) is 0 Å². The second-order valence-corrected chi connectivity index (χ2v) is 4.77. The molecule has 110 valence electrons. The second kappa shape index (κ2) is 6.51. The van der Waals surface area contributed by atoms with Gasteiger partial charge in [0.25, 0.3) is 5.69 Å². The molecule has 0 heterocycles. The summed E-state index contributed by atoms with van der Waals surface area (Å²) in [6, 6.07) is 8.59. The molecule has 0 aliphatic carbocycles. The van der Waals surface area contributed by atoms with E-state index >= 15 is 0 Å². The number of nitrogens with zero attached hydrogens (tertiary/aromatic N) is 1. The van der Waals surface area contributed by atoms with Crippen molar-refractivity contribution in [1.82, 2.24) is 0 Å². The van der Waals surface area contributed by atoms with Gasteiger partial charge in [-0.1, -0.05) is 23.7 Å². The minimum absolute atomic E-state index is 0.0936. The molecule has 2 aromatic rings. The summed E-state index contributed by atoms with van der Waals surface area (Å²) in [5.41, 5.74) is 1.32. The lowest BCUT2D eigenvalue weighted by Crippen LogP contribution is -2.02. The van der Waals surface area contributed by atoms with Gasteiger partial charge in [0.15, 0.2) is 0 Å². The van der Waals surface area contributed by atoms with Gasteiger partial charge in [0.2, 0.25) is 0 Å². The van der Waals surface area contributed by atoms with E-state index in [4.69, 9.17) is 16.7 Å². The topological polar surface area (TPSA) is 75.4 Å². The number of hydrogen-bond donors (Lipinski definition) is 2. The second-order valence-electron chi connectivity index (χ2n) is 4.36. The van der Waals surface area contributed by atoms with Gasteiger partial charge in [-0.15, -0.1) is 0 Å². The van der Waals surface area contributed by atoms with Crippen molar-refractivity contribution in [3.63, 3.8) is 0 Å². The maximum Gasteiger partial charge on any atom is 0.271 e. The number of halogens is 2. The van der Waals surface area contributed by atoms with Crippen molar-refractivity contribution in [2.75, 3.05) is 5.32 Å². The lowest BCUT2D eigenvalue weighted by Gasteiger charge is -2.09. The quantitative estimate of drug-likeness (QED) is 0.655. The highest BCUT2D eigenvalue weighted by molar-refractivity contribution is 6.33. The van der Waals surface area contributed by atoms with Gasteiger partial charge in [0, 0.05) is 24.2 Å². The molecule has 0 saturated carbocycles. The highest BCUT2D eigenvalue weighted by Gasteiger charge is 2.09. The Hall–Kier alpha value is -2.18. The Kier molecular flexibility index (Phi) is 4.72. The van der Waals surface area contributed by atoms with Crippen LogP contribution in [0, 0.1) is 15.9 Å². The molecule has 2 N–H and O–H groups in total. The number of nitrogens with one attached hydrogen (secondary N) is 1. The Labute approximate surface area is 125 Å². The van der Waals surface area contributed by atoms with Crippen LogP contribution in [0.25, 0.3) is 0 Å². The summed E-state index contributed by atoms with van der Waals surface area (Å²) >= 11 is 5.94. The van der Waals surface area contributed by atoms with Gasteiger partial charge in [-0.3, -0.25) is 10.1 Å². The first kappa shape index (κ1) is 15.2. The van der Waals surface area contributed by atoms with Gasteiger partial charge in [-0.05, 0) is 17.7 Å². The molecule has 5 nitrogen and oxygen atoms in total. The first-order valence-corrected chi connectivity index (χ1v) is 6.45. The van der Waals surface area contributed by atoms with Crippen molar-refractivity contribution >= 4 is 23.0 Å². The predicted molar refractivity (Wildman–Crippen MR) is 77.8 cm³/mol. The molecule has 0 spiro atoms. The van der Waals surface area contributed by atoms with E-state index in [1.54, 1.807) is 6.07 Å².